The van der Waals surface area contributed by atoms with Gasteiger partial charge in [-0.25, -0.2) is 4.79 Å². The van der Waals surface area contributed by atoms with E-state index in [1.165, 1.54) is 38.3 Å². The largest absolute Gasteiger partial charge is 0.507 e. The van der Waals surface area contributed by atoms with E-state index in [-0.39, 0.29) is 11.5 Å². The van der Waals surface area contributed by atoms with Gasteiger partial charge in [0.1, 0.15) is 28.6 Å². The summed E-state index contributed by atoms with van der Waals surface area (Å²) in [4.78, 5) is 23.6. The fourth-order valence-electron chi connectivity index (χ4n) is 1.86. The van der Waals surface area contributed by atoms with E-state index in [4.69, 9.17) is 9.15 Å². The first kappa shape index (κ1) is 15.4. The van der Waals surface area contributed by atoms with Crippen molar-refractivity contribution in [3.8, 4) is 17.2 Å². The molecule has 0 amide bonds. The lowest BCUT2D eigenvalue weighted by Gasteiger charge is -2.03. The molecule has 0 saturated heterocycles. The Morgan fingerprint density at radius 3 is 2.59 bits per heavy atom. The van der Waals surface area contributed by atoms with Crippen molar-refractivity contribution in [3.63, 3.8) is 0 Å². The van der Waals surface area contributed by atoms with E-state index in [1.807, 2.05) is 0 Å². The molecule has 114 valence electrons. The lowest BCUT2D eigenvalue weighted by Crippen LogP contribution is -2.12. The molecule has 0 unspecified atom stereocenters. The number of allylic oxidation sites excluding steroid dienone is 1. The zero-order valence-corrected chi connectivity index (χ0v) is 12.0. The minimum atomic E-state index is -0.915. The fraction of sp³-hybridized carbons (Fsp3) is 0.125. The third-order valence-corrected chi connectivity index (χ3v) is 2.95. The van der Waals surface area contributed by atoms with E-state index in [9.17, 15) is 19.8 Å². The van der Waals surface area contributed by atoms with Crippen LogP contribution in [0.2, 0.25) is 0 Å². The molecule has 6 heteroatoms. The Bertz CT molecular complexity index is 801. The molecular formula is C16H14O6. The maximum absolute atomic E-state index is 12.0. The third kappa shape index (κ3) is 3.17. The molecule has 0 bridgehead atoms. The second kappa shape index (κ2) is 6.17. The summed E-state index contributed by atoms with van der Waals surface area (Å²) in [6, 6.07) is 5.69. The van der Waals surface area contributed by atoms with Crippen molar-refractivity contribution in [2.75, 3.05) is 7.11 Å². The number of aromatic hydroxyl groups is 2. The Morgan fingerprint density at radius 1 is 1.23 bits per heavy atom. The first-order valence-electron chi connectivity index (χ1n) is 6.35. The van der Waals surface area contributed by atoms with Crippen LogP contribution < -0.4 is 10.4 Å². The monoisotopic (exact) mass is 302 g/mol. The summed E-state index contributed by atoms with van der Waals surface area (Å²) in [6.45, 7) is 1.49. The molecule has 0 spiro atoms. The number of phenols is 1. The number of ketones is 1. The normalized spacial score (nSPS) is 10.8. The number of rotatable bonds is 4. The third-order valence-electron chi connectivity index (χ3n) is 2.95. The van der Waals surface area contributed by atoms with Gasteiger partial charge in [0.15, 0.2) is 5.78 Å². The van der Waals surface area contributed by atoms with Crippen LogP contribution in [0.25, 0.3) is 6.08 Å². The number of hydrogen-bond acceptors (Lipinski definition) is 6. The van der Waals surface area contributed by atoms with Crippen molar-refractivity contribution >= 4 is 11.9 Å². The number of ether oxygens (including phenoxy) is 1. The summed E-state index contributed by atoms with van der Waals surface area (Å²) in [5.74, 6) is -0.521. The SMILES string of the molecule is COc1ccc(O)c(/C=C/C(=O)c2c(O)cc(C)oc2=O)c1. The molecule has 0 aliphatic carbocycles. The number of carbonyl (C=O) groups excluding carboxylic acids is 1. The molecule has 1 aromatic heterocycles. The number of methoxy groups -OCH3 is 1. The van der Waals surface area contributed by atoms with Gasteiger partial charge in [-0.15, -0.1) is 0 Å². The minimum Gasteiger partial charge on any atom is -0.507 e. The summed E-state index contributed by atoms with van der Waals surface area (Å²) in [6.07, 6.45) is 2.38. The number of carbonyl (C=O) groups is 1. The Hall–Kier alpha value is -3.02. The topological polar surface area (TPSA) is 97.0 Å². The Kier molecular flexibility index (Phi) is 4.31. The fourth-order valence-corrected chi connectivity index (χ4v) is 1.86. The van der Waals surface area contributed by atoms with Gasteiger partial charge in [-0.2, -0.15) is 0 Å². The number of hydrogen-bond donors (Lipinski definition) is 2. The maximum atomic E-state index is 12.0. The Labute approximate surface area is 125 Å². The van der Waals surface area contributed by atoms with E-state index in [0.717, 1.165) is 6.08 Å². The molecule has 2 N–H and O–H groups in total. The van der Waals surface area contributed by atoms with Crippen molar-refractivity contribution < 1.29 is 24.2 Å². The molecule has 2 aromatic rings. The highest BCUT2D eigenvalue weighted by Gasteiger charge is 2.16. The average Bonchev–Trinajstić information content (AvgIpc) is 2.45. The van der Waals surface area contributed by atoms with Gasteiger partial charge in [0.05, 0.1) is 7.11 Å². The molecule has 0 aliphatic rings. The van der Waals surface area contributed by atoms with Crippen molar-refractivity contribution in [2.45, 2.75) is 6.92 Å². The quantitative estimate of drug-likeness (QED) is 0.664. The molecule has 1 heterocycles. The predicted octanol–water partition coefficient (Wildman–Crippen LogP) is 2.26. The van der Waals surface area contributed by atoms with Gasteiger partial charge in [-0.05, 0) is 37.3 Å². The van der Waals surface area contributed by atoms with Gasteiger partial charge in [-0.1, -0.05) is 0 Å². The van der Waals surface area contributed by atoms with Gasteiger partial charge < -0.3 is 19.4 Å². The van der Waals surface area contributed by atoms with Crippen LogP contribution in [0, 0.1) is 6.92 Å². The standard InChI is InChI=1S/C16H14O6/c1-9-7-14(19)15(16(20)22-9)13(18)5-3-10-8-11(21-2)4-6-12(10)17/h3-8,17,19H,1-2H3/b5-3+. The van der Waals surface area contributed by atoms with Crippen LogP contribution in [0.1, 0.15) is 21.7 Å². The first-order valence-corrected chi connectivity index (χ1v) is 6.35. The van der Waals surface area contributed by atoms with Gasteiger partial charge in [0.2, 0.25) is 0 Å². The van der Waals surface area contributed by atoms with E-state index in [0.29, 0.717) is 11.3 Å². The highest BCUT2D eigenvalue weighted by atomic mass is 16.5. The van der Waals surface area contributed by atoms with Gasteiger partial charge in [-0.3, -0.25) is 4.79 Å². The van der Waals surface area contributed by atoms with Crippen LogP contribution in [0.3, 0.4) is 0 Å². The molecule has 0 radical (unpaired) electrons. The lowest BCUT2D eigenvalue weighted by molar-refractivity contribution is 0.104. The van der Waals surface area contributed by atoms with E-state index < -0.39 is 22.7 Å². The summed E-state index contributed by atoms with van der Waals surface area (Å²) in [5, 5.41) is 19.4. The molecule has 22 heavy (non-hydrogen) atoms. The zero-order valence-electron chi connectivity index (χ0n) is 12.0. The number of phenolic OH excluding ortho intramolecular Hbond substituents is 1. The van der Waals surface area contributed by atoms with E-state index >= 15 is 0 Å². The molecular weight excluding hydrogens is 288 g/mol. The van der Waals surface area contributed by atoms with Crippen LogP contribution in [0.4, 0.5) is 0 Å². The summed E-state index contributed by atoms with van der Waals surface area (Å²) in [5.41, 5.74) is -1.03. The molecule has 0 saturated carbocycles. The lowest BCUT2D eigenvalue weighted by atomic mass is 10.1. The minimum absolute atomic E-state index is 0.0509. The molecule has 0 fully saturated rings. The summed E-state index contributed by atoms with van der Waals surface area (Å²) < 4.78 is 9.80. The maximum Gasteiger partial charge on any atom is 0.351 e. The summed E-state index contributed by atoms with van der Waals surface area (Å²) in [7, 11) is 1.47. The molecule has 0 aliphatic heterocycles. The second-order valence-corrected chi connectivity index (χ2v) is 4.53. The summed E-state index contributed by atoms with van der Waals surface area (Å²) >= 11 is 0. The van der Waals surface area contributed by atoms with Crippen LogP contribution >= 0.6 is 0 Å². The van der Waals surface area contributed by atoms with Gasteiger partial charge >= 0.3 is 5.63 Å². The van der Waals surface area contributed by atoms with Gasteiger partial charge in [0.25, 0.3) is 0 Å². The van der Waals surface area contributed by atoms with Crippen molar-refractivity contribution in [1.82, 2.24) is 0 Å². The van der Waals surface area contributed by atoms with E-state index in [2.05, 4.69) is 0 Å². The van der Waals surface area contributed by atoms with Crippen molar-refractivity contribution in [2.24, 2.45) is 0 Å². The number of benzene rings is 1. The van der Waals surface area contributed by atoms with Gasteiger partial charge in [0, 0.05) is 11.6 Å². The average molecular weight is 302 g/mol. The second-order valence-electron chi connectivity index (χ2n) is 4.53. The highest BCUT2D eigenvalue weighted by Crippen LogP contribution is 2.24. The Balaban J connectivity index is 2.35. The first-order chi connectivity index (χ1) is 10.4. The van der Waals surface area contributed by atoms with E-state index in [1.54, 1.807) is 6.07 Å². The van der Waals surface area contributed by atoms with Crippen LogP contribution in [-0.2, 0) is 0 Å². The Morgan fingerprint density at radius 2 is 1.95 bits per heavy atom. The molecule has 1 aromatic carbocycles. The van der Waals surface area contributed by atoms with Crippen LogP contribution in [0.5, 0.6) is 17.2 Å². The smallest absolute Gasteiger partial charge is 0.351 e. The van der Waals surface area contributed by atoms with Crippen LogP contribution in [-0.4, -0.2) is 23.1 Å². The number of aryl methyl sites for hydroxylation is 1. The molecule has 0 atom stereocenters. The highest BCUT2D eigenvalue weighted by molar-refractivity contribution is 6.08. The molecule has 2 rings (SSSR count). The predicted molar refractivity (Wildman–Crippen MR) is 79.4 cm³/mol. The van der Waals surface area contributed by atoms with Crippen LogP contribution in [0.15, 0.2) is 39.6 Å². The van der Waals surface area contributed by atoms with Crippen molar-refractivity contribution in [1.29, 1.82) is 0 Å². The molecule has 6 nitrogen and oxygen atoms in total. The zero-order chi connectivity index (χ0) is 16.3. The van der Waals surface area contributed by atoms with Crippen molar-refractivity contribution in [3.05, 3.63) is 57.6 Å².